The highest BCUT2D eigenvalue weighted by molar-refractivity contribution is 6.18. The molecule has 6 aromatic rings. The average Bonchev–Trinajstić information content (AvgIpc) is 3.67. The molecular weight excluding hydrogens is 538 g/mol. The van der Waals surface area contributed by atoms with Gasteiger partial charge in [-0.05, 0) is 55.0 Å². The molecule has 5 nitrogen and oxygen atoms in total. The van der Waals surface area contributed by atoms with Crippen LogP contribution in [-0.4, -0.2) is 40.3 Å². The van der Waals surface area contributed by atoms with Crippen LogP contribution in [-0.2, 0) is 19.5 Å². The van der Waals surface area contributed by atoms with E-state index in [4.69, 9.17) is 4.98 Å². The Morgan fingerprint density at radius 1 is 0.750 bits per heavy atom. The first-order valence-electron chi connectivity index (χ1n) is 16.2. The second-order valence-corrected chi connectivity index (χ2v) is 12.7. The lowest BCUT2D eigenvalue weighted by molar-refractivity contribution is 0.202. The number of para-hydroxylation sites is 3. The lowest BCUT2D eigenvalue weighted by atomic mass is 9.92. The van der Waals surface area contributed by atoms with E-state index < -0.39 is 0 Å². The quantitative estimate of drug-likeness (QED) is 0.224. The fourth-order valence-electron chi connectivity index (χ4n) is 7.99. The molecule has 0 saturated carbocycles. The summed E-state index contributed by atoms with van der Waals surface area (Å²) >= 11 is 0. The second-order valence-electron chi connectivity index (χ2n) is 12.7. The summed E-state index contributed by atoms with van der Waals surface area (Å²) < 4.78 is 2.52. The van der Waals surface area contributed by atoms with Gasteiger partial charge in [-0.1, -0.05) is 84.9 Å². The monoisotopic (exact) mass is 575 g/mol. The first-order valence-corrected chi connectivity index (χ1v) is 16.2. The van der Waals surface area contributed by atoms with Crippen LogP contribution in [0.3, 0.4) is 0 Å². The minimum Gasteiger partial charge on any atom is -0.366 e. The van der Waals surface area contributed by atoms with Crippen molar-refractivity contribution in [3.63, 3.8) is 0 Å². The molecule has 0 bridgehead atoms. The highest BCUT2D eigenvalue weighted by Crippen LogP contribution is 2.44. The SMILES string of the molecule is c1ccc(-c2nc3c4c(c2-c2ccc(CN5CCC(N6CNc7ccccc76)CC5)cc2)c2ccccc2n4CCC3)cc1. The molecule has 3 aliphatic rings. The van der Waals surface area contributed by atoms with Gasteiger partial charge >= 0.3 is 0 Å². The summed E-state index contributed by atoms with van der Waals surface area (Å²) in [5.41, 5.74) is 12.7. The van der Waals surface area contributed by atoms with Crippen LogP contribution in [0.25, 0.3) is 44.2 Å². The fraction of sp³-hybridized carbons (Fsp3) is 0.256. The third kappa shape index (κ3) is 4.21. The molecule has 0 unspecified atom stereocenters. The number of piperidine rings is 1. The summed E-state index contributed by atoms with van der Waals surface area (Å²) in [5, 5.41) is 6.26. The summed E-state index contributed by atoms with van der Waals surface area (Å²) in [6.07, 6.45) is 4.57. The van der Waals surface area contributed by atoms with Gasteiger partial charge in [0, 0.05) is 59.6 Å². The fourth-order valence-corrected chi connectivity index (χ4v) is 7.99. The summed E-state index contributed by atoms with van der Waals surface area (Å²) in [5.74, 6) is 0. The minimum atomic E-state index is 0.605. The number of aryl methyl sites for hydroxylation is 2. The van der Waals surface area contributed by atoms with Crippen molar-refractivity contribution in [1.29, 1.82) is 0 Å². The summed E-state index contributed by atoms with van der Waals surface area (Å²) in [6, 6.07) is 38.4. The summed E-state index contributed by atoms with van der Waals surface area (Å²) in [7, 11) is 0. The Kier molecular flexibility index (Phi) is 6.19. The predicted molar refractivity (Wildman–Crippen MR) is 182 cm³/mol. The van der Waals surface area contributed by atoms with Gasteiger partial charge in [0.25, 0.3) is 0 Å². The average molecular weight is 576 g/mol. The van der Waals surface area contributed by atoms with Crippen LogP contribution < -0.4 is 10.2 Å². The van der Waals surface area contributed by atoms with E-state index in [0.29, 0.717) is 6.04 Å². The van der Waals surface area contributed by atoms with Crippen molar-refractivity contribution in [2.75, 3.05) is 30.0 Å². The van der Waals surface area contributed by atoms with E-state index in [-0.39, 0.29) is 0 Å². The topological polar surface area (TPSA) is 36.3 Å². The van der Waals surface area contributed by atoms with Gasteiger partial charge in [-0.15, -0.1) is 0 Å². The van der Waals surface area contributed by atoms with E-state index in [2.05, 4.69) is 123 Å². The third-order valence-electron chi connectivity index (χ3n) is 10.1. The van der Waals surface area contributed by atoms with Gasteiger partial charge in [0.2, 0.25) is 0 Å². The number of nitrogens with one attached hydrogen (secondary N) is 1. The molecule has 0 spiro atoms. The molecule has 218 valence electrons. The van der Waals surface area contributed by atoms with Crippen molar-refractivity contribution in [3.05, 3.63) is 114 Å². The number of fused-ring (bicyclic) bond motifs is 4. The number of anilines is 2. The molecular formula is C39H37N5. The van der Waals surface area contributed by atoms with Gasteiger partial charge in [0.1, 0.15) is 0 Å². The number of nitrogens with zero attached hydrogens (tertiary/aromatic N) is 4. The first-order chi connectivity index (χ1) is 21.8. The van der Waals surface area contributed by atoms with Crippen molar-refractivity contribution in [2.45, 2.75) is 44.8 Å². The van der Waals surface area contributed by atoms with Gasteiger partial charge in [-0.2, -0.15) is 0 Å². The van der Waals surface area contributed by atoms with Crippen LogP contribution in [0, 0.1) is 0 Å². The van der Waals surface area contributed by atoms with E-state index in [0.717, 1.165) is 51.4 Å². The van der Waals surface area contributed by atoms with Gasteiger partial charge in [-0.3, -0.25) is 4.90 Å². The number of aromatic nitrogens is 2. The van der Waals surface area contributed by atoms with Crippen molar-refractivity contribution in [3.8, 4) is 22.4 Å². The van der Waals surface area contributed by atoms with Crippen LogP contribution in [0.1, 0.15) is 30.5 Å². The maximum absolute atomic E-state index is 5.41. The number of benzene rings is 4. The minimum absolute atomic E-state index is 0.605. The van der Waals surface area contributed by atoms with Gasteiger partial charge < -0.3 is 14.8 Å². The Balaban J connectivity index is 1.03. The van der Waals surface area contributed by atoms with E-state index in [9.17, 15) is 0 Å². The van der Waals surface area contributed by atoms with Crippen LogP contribution in [0.15, 0.2) is 103 Å². The van der Waals surface area contributed by atoms with Gasteiger partial charge in [0.15, 0.2) is 0 Å². The van der Waals surface area contributed by atoms with Gasteiger partial charge in [-0.25, -0.2) is 4.98 Å². The molecule has 4 aromatic carbocycles. The van der Waals surface area contributed by atoms with E-state index in [1.807, 2.05) is 0 Å². The molecule has 9 rings (SSSR count). The molecule has 5 heterocycles. The van der Waals surface area contributed by atoms with Crippen molar-refractivity contribution >= 4 is 33.2 Å². The molecule has 1 saturated heterocycles. The lowest BCUT2D eigenvalue weighted by Crippen LogP contribution is -2.44. The maximum Gasteiger partial charge on any atom is 0.0880 e. The zero-order valence-corrected chi connectivity index (χ0v) is 25.0. The summed E-state index contributed by atoms with van der Waals surface area (Å²) in [6.45, 7) is 5.25. The van der Waals surface area contributed by atoms with E-state index >= 15 is 0 Å². The molecule has 1 N–H and O–H groups in total. The van der Waals surface area contributed by atoms with Crippen molar-refractivity contribution in [2.24, 2.45) is 0 Å². The van der Waals surface area contributed by atoms with Crippen LogP contribution in [0.5, 0.6) is 0 Å². The van der Waals surface area contributed by atoms with Crippen LogP contribution in [0.2, 0.25) is 0 Å². The molecule has 1 fully saturated rings. The molecule has 0 aliphatic carbocycles. The van der Waals surface area contributed by atoms with Gasteiger partial charge in [0.05, 0.1) is 34.9 Å². The lowest BCUT2D eigenvalue weighted by Gasteiger charge is -2.37. The Bertz CT molecular complexity index is 1980. The number of rotatable bonds is 5. The van der Waals surface area contributed by atoms with Crippen LogP contribution in [0.4, 0.5) is 11.4 Å². The number of hydrogen-bond acceptors (Lipinski definition) is 4. The largest absolute Gasteiger partial charge is 0.366 e. The molecule has 0 atom stereocenters. The third-order valence-corrected chi connectivity index (χ3v) is 10.1. The highest BCUT2D eigenvalue weighted by atomic mass is 15.3. The Hall–Kier alpha value is -4.61. The molecule has 44 heavy (non-hydrogen) atoms. The smallest absolute Gasteiger partial charge is 0.0880 e. The van der Waals surface area contributed by atoms with Crippen LogP contribution >= 0.6 is 0 Å². The molecule has 3 aliphatic heterocycles. The summed E-state index contributed by atoms with van der Waals surface area (Å²) in [4.78, 5) is 10.6. The predicted octanol–water partition coefficient (Wildman–Crippen LogP) is 8.32. The molecule has 0 amide bonds. The van der Waals surface area contributed by atoms with E-state index in [1.165, 1.54) is 74.0 Å². The maximum atomic E-state index is 5.41. The normalized spacial score (nSPS) is 16.9. The van der Waals surface area contributed by atoms with Crippen molar-refractivity contribution in [1.82, 2.24) is 14.5 Å². The Morgan fingerprint density at radius 2 is 1.52 bits per heavy atom. The number of pyridine rings is 1. The highest BCUT2D eigenvalue weighted by Gasteiger charge is 2.29. The first kappa shape index (κ1) is 25.8. The second kappa shape index (κ2) is 10.5. The number of likely N-dealkylation sites (tertiary alicyclic amines) is 1. The molecule has 5 heteroatoms. The standard InChI is InChI=1S/C39H37N5/c1-2-9-29(10-3-1)38-36(37-31-11-4-6-14-34(31)43-22-8-13-33(41-38)39(37)43)28-18-16-27(17-19-28)25-42-23-20-30(21-24-42)44-26-40-32-12-5-7-15-35(32)44/h1-7,9-12,14-19,30,40H,8,13,20-26H2. The zero-order chi connectivity index (χ0) is 29.0. The Labute approximate surface area is 258 Å². The Morgan fingerprint density at radius 3 is 2.39 bits per heavy atom. The molecule has 2 aromatic heterocycles. The van der Waals surface area contributed by atoms with E-state index in [1.54, 1.807) is 0 Å². The van der Waals surface area contributed by atoms with Crippen molar-refractivity contribution < 1.29 is 0 Å². The number of hydrogen-bond donors (Lipinski definition) is 1. The molecule has 0 radical (unpaired) electrons. The zero-order valence-electron chi connectivity index (χ0n) is 25.0.